The summed E-state index contributed by atoms with van der Waals surface area (Å²) < 4.78 is 39.8. The van der Waals surface area contributed by atoms with Crippen LogP contribution in [0.1, 0.15) is 5.56 Å². The van der Waals surface area contributed by atoms with Crippen molar-refractivity contribution in [2.45, 2.75) is 4.90 Å². The number of halogens is 1. The molecular formula is C14H20FN3O2S. The van der Waals surface area contributed by atoms with E-state index in [0.29, 0.717) is 12.1 Å². The molecule has 0 atom stereocenters. The fraction of sp³-hybridized carbons (Fsp3) is 0.429. The number of sulfonamides is 1. The van der Waals surface area contributed by atoms with E-state index in [1.807, 2.05) is 19.0 Å². The average molecular weight is 313 g/mol. The van der Waals surface area contributed by atoms with Crippen LogP contribution in [0.25, 0.3) is 0 Å². The van der Waals surface area contributed by atoms with Crippen LogP contribution in [0.15, 0.2) is 23.1 Å². The summed E-state index contributed by atoms with van der Waals surface area (Å²) in [6.07, 6.45) is 0. The Bertz CT molecular complexity index is 648. The summed E-state index contributed by atoms with van der Waals surface area (Å²) in [5.41, 5.74) is 5.63. The molecular weight excluding hydrogens is 293 g/mol. The molecule has 0 spiro atoms. The number of benzene rings is 1. The van der Waals surface area contributed by atoms with Crippen molar-refractivity contribution in [3.05, 3.63) is 29.6 Å². The minimum Gasteiger partial charge on any atom is -0.320 e. The van der Waals surface area contributed by atoms with Gasteiger partial charge in [0.25, 0.3) is 0 Å². The molecule has 1 aromatic carbocycles. The Kier molecular flexibility index (Phi) is 6.30. The molecule has 0 unspecified atom stereocenters. The molecule has 21 heavy (non-hydrogen) atoms. The second-order valence-electron chi connectivity index (χ2n) is 4.78. The smallest absolute Gasteiger partial charge is 0.245 e. The predicted octanol–water partition coefficient (Wildman–Crippen LogP) is 0.318. The molecule has 116 valence electrons. The highest BCUT2D eigenvalue weighted by Crippen LogP contribution is 2.19. The third-order valence-corrected chi connectivity index (χ3v) is 4.71. The van der Waals surface area contributed by atoms with Crippen molar-refractivity contribution < 1.29 is 12.8 Å². The minimum absolute atomic E-state index is 0.162. The molecule has 0 heterocycles. The zero-order valence-electron chi connectivity index (χ0n) is 12.4. The summed E-state index contributed by atoms with van der Waals surface area (Å²) in [7, 11) is 1.27. The maximum Gasteiger partial charge on any atom is 0.245 e. The first-order chi connectivity index (χ1) is 9.78. The lowest BCUT2D eigenvalue weighted by Gasteiger charge is -2.19. The summed E-state index contributed by atoms with van der Waals surface area (Å²) >= 11 is 0. The summed E-state index contributed by atoms with van der Waals surface area (Å²) in [4.78, 5) is 1.51. The SMILES string of the molecule is CN(C)CCN(C)S(=O)(=O)c1ccc(C#CCN)cc1F. The molecule has 2 N–H and O–H groups in total. The highest BCUT2D eigenvalue weighted by Gasteiger charge is 2.24. The van der Waals surface area contributed by atoms with Gasteiger partial charge in [-0.2, -0.15) is 4.31 Å². The van der Waals surface area contributed by atoms with Gasteiger partial charge in [0.2, 0.25) is 10.0 Å². The fourth-order valence-corrected chi connectivity index (χ4v) is 2.77. The first-order valence-corrected chi connectivity index (χ1v) is 7.82. The van der Waals surface area contributed by atoms with Crippen molar-refractivity contribution in [3.8, 4) is 11.8 Å². The third-order valence-electron chi connectivity index (χ3n) is 2.82. The maximum atomic E-state index is 14.0. The van der Waals surface area contributed by atoms with Crippen LogP contribution < -0.4 is 5.73 Å². The molecule has 0 bridgehead atoms. The molecule has 7 heteroatoms. The first kappa shape index (κ1) is 17.6. The van der Waals surface area contributed by atoms with Crippen LogP contribution >= 0.6 is 0 Å². The zero-order valence-corrected chi connectivity index (χ0v) is 13.2. The molecule has 0 aliphatic rings. The van der Waals surface area contributed by atoms with E-state index in [-0.39, 0.29) is 18.0 Å². The summed E-state index contributed by atoms with van der Waals surface area (Å²) in [5, 5.41) is 0. The van der Waals surface area contributed by atoms with E-state index in [4.69, 9.17) is 5.73 Å². The summed E-state index contributed by atoms with van der Waals surface area (Å²) in [5.74, 6) is 4.44. The number of rotatable bonds is 5. The van der Waals surface area contributed by atoms with Crippen LogP contribution in [-0.2, 0) is 10.0 Å². The van der Waals surface area contributed by atoms with Crippen LogP contribution in [0.3, 0.4) is 0 Å². The molecule has 0 aliphatic heterocycles. The van der Waals surface area contributed by atoms with E-state index in [1.165, 1.54) is 19.2 Å². The van der Waals surface area contributed by atoms with Gasteiger partial charge in [0, 0.05) is 25.7 Å². The zero-order chi connectivity index (χ0) is 16.0. The second kappa shape index (κ2) is 7.52. The molecule has 0 radical (unpaired) electrons. The second-order valence-corrected chi connectivity index (χ2v) is 6.79. The normalized spacial score (nSPS) is 11.6. The molecule has 0 saturated carbocycles. The highest BCUT2D eigenvalue weighted by atomic mass is 32.2. The Balaban J connectivity index is 3.03. The van der Waals surface area contributed by atoms with Crippen LogP contribution in [-0.4, -0.2) is 58.4 Å². The average Bonchev–Trinajstić information content (AvgIpc) is 2.42. The van der Waals surface area contributed by atoms with E-state index in [9.17, 15) is 12.8 Å². The van der Waals surface area contributed by atoms with Crippen molar-refractivity contribution in [1.82, 2.24) is 9.21 Å². The Hall–Kier alpha value is -1.46. The van der Waals surface area contributed by atoms with Gasteiger partial charge in [-0.3, -0.25) is 0 Å². The van der Waals surface area contributed by atoms with E-state index in [0.717, 1.165) is 10.4 Å². The number of hydrogen-bond donors (Lipinski definition) is 1. The summed E-state index contributed by atoms with van der Waals surface area (Å²) in [6, 6.07) is 3.81. The first-order valence-electron chi connectivity index (χ1n) is 6.38. The number of hydrogen-bond acceptors (Lipinski definition) is 4. The molecule has 5 nitrogen and oxygen atoms in total. The van der Waals surface area contributed by atoms with E-state index in [2.05, 4.69) is 11.8 Å². The summed E-state index contributed by atoms with van der Waals surface area (Å²) in [6.45, 7) is 0.996. The molecule has 0 aromatic heterocycles. The van der Waals surface area contributed by atoms with Gasteiger partial charge in [-0.05, 0) is 32.3 Å². The lowest BCUT2D eigenvalue weighted by atomic mass is 10.2. The van der Waals surface area contributed by atoms with Crippen molar-refractivity contribution in [3.63, 3.8) is 0 Å². The van der Waals surface area contributed by atoms with Crippen molar-refractivity contribution in [2.75, 3.05) is 40.8 Å². The van der Waals surface area contributed by atoms with E-state index < -0.39 is 15.8 Å². The lowest BCUT2D eigenvalue weighted by molar-refractivity contribution is 0.357. The van der Waals surface area contributed by atoms with Gasteiger partial charge in [0.1, 0.15) is 10.7 Å². The lowest BCUT2D eigenvalue weighted by Crippen LogP contribution is -2.34. The highest BCUT2D eigenvalue weighted by molar-refractivity contribution is 7.89. The van der Waals surface area contributed by atoms with Crippen LogP contribution in [0.4, 0.5) is 4.39 Å². The molecule has 1 rings (SSSR count). The molecule has 0 fully saturated rings. The minimum atomic E-state index is -3.84. The van der Waals surface area contributed by atoms with Gasteiger partial charge >= 0.3 is 0 Å². The molecule has 0 amide bonds. The maximum absolute atomic E-state index is 14.0. The Labute approximate surface area is 125 Å². The standard InChI is InChI=1S/C14H20FN3O2S/c1-17(2)9-10-18(3)21(19,20)14-7-6-12(5-4-8-16)11-13(14)15/h6-7,11H,8-10,16H2,1-3H3. The van der Waals surface area contributed by atoms with Crippen LogP contribution in [0.5, 0.6) is 0 Å². The topological polar surface area (TPSA) is 66.6 Å². The predicted molar refractivity (Wildman–Crippen MR) is 80.7 cm³/mol. The van der Waals surface area contributed by atoms with Gasteiger partial charge < -0.3 is 10.6 Å². The fourth-order valence-electron chi connectivity index (χ4n) is 1.57. The number of nitrogens with zero attached hydrogens (tertiary/aromatic N) is 2. The Morgan fingerprint density at radius 1 is 1.24 bits per heavy atom. The Morgan fingerprint density at radius 2 is 1.90 bits per heavy atom. The molecule has 0 aliphatic carbocycles. The van der Waals surface area contributed by atoms with E-state index in [1.54, 1.807) is 0 Å². The van der Waals surface area contributed by atoms with Gasteiger partial charge in [0.05, 0.1) is 6.54 Å². The van der Waals surface area contributed by atoms with E-state index >= 15 is 0 Å². The van der Waals surface area contributed by atoms with Gasteiger partial charge in [-0.15, -0.1) is 0 Å². The van der Waals surface area contributed by atoms with Crippen molar-refractivity contribution >= 4 is 10.0 Å². The molecule has 0 saturated heterocycles. The van der Waals surface area contributed by atoms with Crippen molar-refractivity contribution in [1.29, 1.82) is 0 Å². The van der Waals surface area contributed by atoms with Crippen LogP contribution in [0, 0.1) is 17.7 Å². The number of nitrogens with two attached hydrogens (primary N) is 1. The third kappa shape index (κ3) is 4.79. The van der Waals surface area contributed by atoms with Gasteiger partial charge in [-0.1, -0.05) is 11.8 Å². The monoisotopic (exact) mass is 313 g/mol. The molecule has 1 aromatic rings. The van der Waals surface area contributed by atoms with Gasteiger partial charge in [-0.25, -0.2) is 12.8 Å². The Morgan fingerprint density at radius 3 is 2.43 bits per heavy atom. The largest absolute Gasteiger partial charge is 0.320 e. The van der Waals surface area contributed by atoms with Crippen molar-refractivity contribution in [2.24, 2.45) is 5.73 Å². The quantitative estimate of drug-likeness (QED) is 0.795. The van der Waals surface area contributed by atoms with Gasteiger partial charge in [0.15, 0.2) is 0 Å². The van der Waals surface area contributed by atoms with Crippen LogP contribution in [0.2, 0.25) is 0 Å². The number of likely N-dealkylation sites (N-methyl/N-ethyl adjacent to an activating group) is 2.